The van der Waals surface area contributed by atoms with Crippen molar-refractivity contribution in [1.82, 2.24) is 5.32 Å². The van der Waals surface area contributed by atoms with Gasteiger partial charge in [-0.15, -0.1) is 0 Å². The second-order valence-electron chi connectivity index (χ2n) is 5.38. The fraction of sp³-hybridized carbons (Fsp3) is 0.533. The molecular formula is C15H20FNO3. The van der Waals surface area contributed by atoms with Crippen LogP contribution in [0.5, 0.6) is 0 Å². The zero-order chi connectivity index (χ0) is 14.6. The molecule has 1 atom stereocenters. The maximum Gasteiger partial charge on any atom is 0.340 e. The van der Waals surface area contributed by atoms with E-state index in [1.807, 2.05) is 0 Å². The van der Waals surface area contributed by atoms with Gasteiger partial charge in [0.05, 0.1) is 19.3 Å². The number of hydrogen-bond donors (Lipinski definition) is 1. The van der Waals surface area contributed by atoms with Crippen LogP contribution in [0.25, 0.3) is 0 Å². The minimum atomic E-state index is -0.658. The molecule has 4 nitrogen and oxygen atoms in total. The molecule has 1 aliphatic heterocycles. The lowest BCUT2D eigenvalue weighted by atomic mass is 9.94. The molecular weight excluding hydrogens is 261 g/mol. The third-order valence-electron chi connectivity index (χ3n) is 3.60. The lowest BCUT2D eigenvalue weighted by Gasteiger charge is -2.34. The molecule has 1 aliphatic rings. The SMILES string of the molecule is COC(=O)c1ccc(CNC2(C)CCCOC2)cc1F. The van der Waals surface area contributed by atoms with Gasteiger partial charge in [0.1, 0.15) is 5.82 Å². The van der Waals surface area contributed by atoms with E-state index in [0.717, 1.165) is 25.0 Å². The van der Waals surface area contributed by atoms with Crippen LogP contribution >= 0.6 is 0 Å². The Hall–Kier alpha value is -1.46. The van der Waals surface area contributed by atoms with Crippen LogP contribution in [0.1, 0.15) is 35.7 Å². The summed E-state index contributed by atoms with van der Waals surface area (Å²) in [7, 11) is 1.24. The van der Waals surface area contributed by atoms with E-state index in [1.54, 1.807) is 6.07 Å². The molecule has 1 N–H and O–H groups in total. The highest BCUT2D eigenvalue weighted by Crippen LogP contribution is 2.19. The number of halogens is 1. The lowest BCUT2D eigenvalue weighted by Crippen LogP contribution is -2.48. The number of nitrogens with one attached hydrogen (secondary N) is 1. The van der Waals surface area contributed by atoms with E-state index in [9.17, 15) is 9.18 Å². The van der Waals surface area contributed by atoms with Gasteiger partial charge in [-0.2, -0.15) is 0 Å². The second-order valence-corrected chi connectivity index (χ2v) is 5.38. The average Bonchev–Trinajstić information content (AvgIpc) is 2.45. The number of esters is 1. The van der Waals surface area contributed by atoms with Crippen molar-refractivity contribution >= 4 is 5.97 Å². The van der Waals surface area contributed by atoms with Gasteiger partial charge in [-0.3, -0.25) is 0 Å². The fourth-order valence-corrected chi connectivity index (χ4v) is 2.33. The number of carbonyl (C=O) groups excluding carboxylic acids is 1. The van der Waals surface area contributed by atoms with Gasteiger partial charge in [-0.1, -0.05) is 6.07 Å². The number of rotatable bonds is 4. The number of carbonyl (C=O) groups is 1. The molecule has 0 bridgehead atoms. The average molecular weight is 281 g/mol. The summed E-state index contributed by atoms with van der Waals surface area (Å²) >= 11 is 0. The zero-order valence-electron chi connectivity index (χ0n) is 11.9. The molecule has 1 unspecified atom stereocenters. The van der Waals surface area contributed by atoms with Gasteiger partial charge >= 0.3 is 5.97 Å². The highest BCUT2D eigenvalue weighted by molar-refractivity contribution is 5.89. The summed E-state index contributed by atoms with van der Waals surface area (Å²) < 4.78 is 23.8. The van der Waals surface area contributed by atoms with Crippen molar-refractivity contribution in [1.29, 1.82) is 0 Å². The van der Waals surface area contributed by atoms with Crippen molar-refractivity contribution in [2.75, 3.05) is 20.3 Å². The van der Waals surface area contributed by atoms with Crippen molar-refractivity contribution < 1.29 is 18.7 Å². The standard InChI is InChI=1S/C15H20FNO3/c1-15(6-3-7-20-10-15)17-9-11-4-5-12(13(16)8-11)14(18)19-2/h4-5,8,17H,3,6-7,9-10H2,1-2H3. The molecule has 0 spiro atoms. The molecule has 1 heterocycles. The van der Waals surface area contributed by atoms with Gasteiger partial charge < -0.3 is 14.8 Å². The van der Waals surface area contributed by atoms with Crippen LogP contribution in [0.2, 0.25) is 0 Å². The van der Waals surface area contributed by atoms with Gasteiger partial charge in [-0.25, -0.2) is 9.18 Å². The van der Waals surface area contributed by atoms with Gasteiger partial charge in [0.2, 0.25) is 0 Å². The second kappa shape index (κ2) is 6.33. The minimum absolute atomic E-state index is 0.0385. The van der Waals surface area contributed by atoms with Crippen LogP contribution in [0, 0.1) is 5.82 Å². The van der Waals surface area contributed by atoms with Crippen LogP contribution in [0.3, 0.4) is 0 Å². The predicted molar refractivity (Wildman–Crippen MR) is 73.0 cm³/mol. The molecule has 0 aliphatic carbocycles. The van der Waals surface area contributed by atoms with Crippen LogP contribution in [-0.2, 0) is 16.0 Å². The zero-order valence-corrected chi connectivity index (χ0v) is 11.9. The third-order valence-corrected chi connectivity index (χ3v) is 3.60. The Kier molecular flexibility index (Phi) is 4.73. The van der Waals surface area contributed by atoms with E-state index in [4.69, 9.17) is 4.74 Å². The number of benzene rings is 1. The lowest BCUT2D eigenvalue weighted by molar-refractivity contribution is 0.0278. The Morgan fingerprint density at radius 2 is 2.35 bits per heavy atom. The molecule has 1 aromatic carbocycles. The summed E-state index contributed by atoms with van der Waals surface area (Å²) in [4.78, 5) is 11.3. The smallest absolute Gasteiger partial charge is 0.340 e. The molecule has 1 aromatic rings. The summed E-state index contributed by atoms with van der Waals surface area (Å²) in [6.07, 6.45) is 2.06. The maximum absolute atomic E-state index is 13.8. The van der Waals surface area contributed by atoms with E-state index < -0.39 is 11.8 Å². The molecule has 110 valence electrons. The maximum atomic E-state index is 13.8. The van der Waals surface area contributed by atoms with Crippen LogP contribution in [-0.4, -0.2) is 31.8 Å². The third kappa shape index (κ3) is 3.55. The Morgan fingerprint density at radius 3 is 2.95 bits per heavy atom. The Morgan fingerprint density at radius 1 is 1.55 bits per heavy atom. The van der Waals surface area contributed by atoms with Crippen molar-refractivity contribution in [3.8, 4) is 0 Å². The van der Waals surface area contributed by atoms with E-state index in [0.29, 0.717) is 13.2 Å². The van der Waals surface area contributed by atoms with E-state index in [2.05, 4.69) is 17.0 Å². The molecule has 0 radical (unpaired) electrons. The normalized spacial score (nSPS) is 22.6. The highest BCUT2D eigenvalue weighted by Gasteiger charge is 2.26. The molecule has 0 aromatic heterocycles. The molecule has 2 rings (SSSR count). The number of hydrogen-bond acceptors (Lipinski definition) is 4. The number of ether oxygens (including phenoxy) is 2. The predicted octanol–water partition coefficient (Wildman–Crippen LogP) is 2.27. The fourth-order valence-electron chi connectivity index (χ4n) is 2.33. The summed E-state index contributed by atoms with van der Waals surface area (Å²) in [5, 5.41) is 3.40. The molecule has 0 saturated carbocycles. The Labute approximate surface area is 118 Å². The highest BCUT2D eigenvalue weighted by atomic mass is 19.1. The van der Waals surface area contributed by atoms with Crippen molar-refractivity contribution in [3.05, 3.63) is 35.1 Å². The first kappa shape index (κ1) is 14.9. The molecule has 1 fully saturated rings. The summed E-state index contributed by atoms with van der Waals surface area (Å²) in [6.45, 7) is 4.11. The van der Waals surface area contributed by atoms with Crippen molar-refractivity contribution in [2.45, 2.75) is 31.8 Å². The molecule has 5 heteroatoms. The van der Waals surface area contributed by atoms with Gasteiger partial charge in [-0.05, 0) is 37.5 Å². The van der Waals surface area contributed by atoms with Gasteiger partial charge in [0.25, 0.3) is 0 Å². The van der Waals surface area contributed by atoms with Crippen molar-refractivity contribution in [3.63, 3.8) is 0 Å². The van der Waals surface area contributed by atoms with Crippen LogP contribution in [0.4, 0.5) is 4.39 Å². The van der Waals surface area contributed by atoms with Gasteiger partial charge in [0, 0.05) is 18.7 Å². The molecule has 1 saturated heterocycles. The summed E-state index contributed by atoms with van der Waals surface area (Å²) in [5.41, 5.74) is 0.681. The first-order valence-electron chi connectivity index (χ1n) is 6.74. The van der Waals surface area contributed by atoms with Crippen LogP contribution in [0.15, 0.2) is 18.2 Å². The van der Waals surface area contributed by atoms with E-state index in [-0.39, 0.29) is 11.1 Å². The largest absolute Gasteiger partial charge is 0.465 e. The number of methoxy groups -OCH3 is 1. The minimum Gasteiger partial charge on any atom is -0.465 e. The quantitative estimate of drug-likeness (QED) is 0.860. The molecule has 0 amide bonds. The van der Waals surface area contributed by atoms with Crippen LogP contribution < -0.4 is 5.32 Å². The monoisotopic (exact) mass is 281 g/mol. The molecule has 20 heavy (non-hydrogen) atoms. The first-order chi connectivity index (χ1) is 9.54. The van der Waals surface area contributed by atoms with Gasteiger partial charge in [0.15, 0.2) is 0 Å². The topological polar surface area (TPSA) is 47.6 Å². The Balaban J connectivity index is 2.00. The summed E-state index contributed by atoms with van der Waals surface area (Å²) in [6, 6.07) is 4.56. The first-order valence-corrected chi connectivity index (χ1v) is 6.74. The van der Waals surface area contributed by atoms with Crippen molar-refractivity contribution in [2.24, 2.45) is 0 Å². The summed E-state index contributed by atoms with van der Waals surface area (Å²) in [5.74, 6) is -1.21. The van der Waals surface area contributed by atoms with E-state index >= 15 is 0 Å². The van der Waals surface area contributed by atoms with E-state index in [1.165, 1.54) is 19.2 Å². The Bertz CT molecular complexity index is 484.